The highest BCUT2D eigenvalue weighted by Crippen LogP contribution is 2.66. The maximum Gasteiger partial charge on any atom is 0.0755 e. The van der Waals surface area contributed by atoms with Crippen LogP contribution in [0.2, 0.25) is 0 Å². The third-order valence-corrected chi connectivity index (χ3v) is 14.7. The van der Waals surface area contributed by atoms with Crippen molar-refractivity contribution >= 4 is 34.1 Å². The first kappa shape index (κ1) is 38.3. The number of anilines is 6. The Morgan fingerprint density at radius 3 is 1.38 bits per heavy atom. The summed E-state index contributed by atoms with van der Waals surface area (Å²) in [5.74, 6) is 0. The molecule has 13 rings (SSSR count). The van der Waals surface area contributed by atoms with Crippen LogP contribution in [0.25, 0.3) is 44.5 Å². The molecule has 2 aliphatic carbocycles. The van der Waals surface area contributed by atoms with Crippen molar-refractivity contribution in [1.29, 1.82) is 0 Å². The average Bonchev–Trinajstić information content (AvgIpc) is 3.81. The normalized spacial score (nSPS) is 14.1. The minimum atomic E-state index is -0.591. The Balaban J connectivity index is 1.11. The van der Waals surface area contributed by atoms with Gasteiger partial charge in [0, 0.05) is 27.8 Å². The number of hydrogen-bond acceptors (Lipinski definition) is 2. The van der Waals surface area contributed by atoms with Gasteiger partial charge in [-0.25, -0.2) is 0 Å². The summed E-state index contributed by atoms with van der Waals surface area (Å²) in [7, 11) is 0. The van der Waals surface area contributed by atoms with E-state index in [0.717, 1.165) is 17.1 Å². The Hall–Kier alpha value is -8.20. The van der Waals surface area contributed by atoms with Crippen molar-refractivity contribution in [2.24, 2.45) is 0 Å². The Labute approximate surface area is 387 Å². The molecule has 312 valence electrons. The van der Waals surface area contributed by atoms with E-state index >= 15 is 0 Å². The smallest absolute Gasteiger partial charge is 0.0755 e. The standard InChI is InChI=1S/C64H46N2/c1-63(2)50-28-12-9-26-48(50)61-54(63)32-19-37-59(61)66(56-34-16-11-25-47(56)45-41-39-44(40-42-45)43-21-5-3-6-22-43)60-38-20-33-55-62(60)49-27-10-13-29-51(49)64(55)52-30-14-17-35-57(52)65(46-23-7-4-8-24-46)58-36-18-15-31-53(58)64/h3-42H,1-2H3. The van der Waals surface area contributed by atoms with E-state index in [-0.39, 0.29) is 5.41 Å². The molecule has 1 aliphatic heterocycles. The molecule has 0 saturated carbocycles. The number of para-hydroxylation sites is 4. The summed E-state index contributed by atoms with van der Waals surface area (Å²) in [5.41, 5.74) is 23.9. The van der Waals surface area contributed by atoms with E-state index in [9.17, 15) is 0 Å². The molecule has 0 N–H and O–H groups in total. The van der Waals surface area contributed by atoms with Gasteiger partial charge in [0.2, 0.25) is 0 Å². The van der Waals surface area contributed by atoms with Crippen LogP contribution in [0.3, 0.4) is 0 Å². The molecule has 1 spiro atoms. The highest BCUT2D eigenvalue weighted by Gasteiger charge is 2.52. The molecule has 0 aromatic heterocycles. The van der Waals surface area contributed by atoms with Gasteiger partial charge in [0.15, 0.2) is 0 Å². The first-order chi connectivity index (χ1) is 32.5. The van der Waals surface area contributed by atoms with Gasteiger partial charge in [0.1, 0.15) is 0 Å². The molecule has 0 saturated heterocycles. The molecule has 0 unspecified atom stereocenters. The molecular weight excluding hydrogens is 797 g/mol. The quantitative estimate of drug-likeness (QED) is 0.165. The lowest BCUT2D eigenvalue weighted by atomic mass is 9.64. The summed E-state index contributed by atoms with van der Waals surface area (Å²) < 4.78 is 0. The zero-order valence-corrected chi connectivity index (χ0v) is 37.0. The second kappa shape index (κ2) is 14.7. The third-order valence-electron chi connectivity index (χ3n) is 14.7. The fourth-order valence-electron chi connectivity index (χ4n) is 11.9. The number of fused-ring (bicyclic) bond motifs is 12. The number of hydrogen-bond donors (Lipinski definition) is 0. The lowest BCUT2D eigenvalue weighted by Crippen LogP contribution is -2.36. The molecule has 0 radical (unpaired) electrons. The van der Waals surface area contributed by atoms with Crippen molar-refractivity contribution in [3.63, 3.8) is 0 Å². The molecule has 10 aromatic carbocycles. The highest BCUT2D eigenvalue weighted by atomic mass is 15.2. The van der Waals surface area contributed by atoms with Crippen molar-refractivity contribution in [2.45, 2.75) is 24.7 Å². The molecule has 0 atom stereocenters. The van der Waals surface area contributed by atoms with Crippen molar-refractivity contribution < 1.29 is 0 Å². The van der Waals surface area contributed by atoms with Crippen LogP contribution in [0, 0.1) is 0 Å². The second-order valence-corrected chi connectivity index (χ2v) is 18.4. The van der Waals surface area contributed by atoms with Crippen LogP contribution in [-0.2, 0) is 10.8 Å². The fourth-order valence-corrected chi connectivity index (χ4v) is 11.9. The van der Waals surface area contributed by atoms with E-state index in [1.54, 1.807) is 0 Å². The number of nitrogens with zero attached hydrogens (tertiary/aromatic N) is 2. The summed E-state index contributed by atoms with van der Waals surface area (Å²) in [6.07, 6.45) is 0. The molecule has 2 heteroatoms. The molecule has 0 amide bonds. The Morgan fingerprint density at radius 2 is 0.727 bits per heavy atom. The van der Waals surface area contributed by atoms with Crippen molar-refractivity contribution in [2.75, 3.05) is 9.80 Å². The van der Waals surface area contributed by atoms with E-state index < -0.39 is 5.41 Å². The first-order valence-electron chi connectivity index (χ1n) is 23.1. The Kier molecular flexibility index (Phi) is 8.51. The van der Waals surface area contributed by atoms with Gasteiger partial charge >= 0.3 is 0 Å². The average molecular weight is 843 g/mol. The monoisotopic (exact) mass is 842 g/mol. The topological polar surface area (TPSA) is 6.48 Å². The van der Waals surface area contributed by atoms with Crippen molar-refractivity contribution in [3.8, 4) is 44.5 Å². The molecule has 1 heterocycles. The summed E-state index contributed by atoms with van der Waals surface area (Å²) in [5, 5.41) is 0. The zero-order chi connectivity index (χ0) is 44.0. The summed E-state index contributed by atoms with van der Waals surface area (Å²) >= 11 is 0. The predicted octanol–water partition coefficient (Wildman–Crippen LogP) is 16.9. The van der Waals surface area contributed by atoms with Crippen molar-refractivity contribution in [3.05, 3.63) is 276 Å². The largest absolute Gasteiger partial charge is 0.310 e. The zero-order valence-electron chi connectivity index (χ0n) is 37.0. The number of rotatable bonds is 6. The second-order valence-electron chi connectivity index (χ2n) is 18.4. The van der Waals surface area contributed by atoms with Crippen LogP contribution in [0.15, 0.2) is 243 Å². The van der Waals surface area contributed by atoms with Gasteiger partial charge in [-0.1, -0.05) is 214 Å². The van der Waals surface area contributed by atoms with Crippen LogP contribution < -0.4 is 9.80 Å². The summed E-state index contributed by atoms with van der Waals surface area (Å²) in [6.45, 7) is 4.76. The van der Waals surface area contributed by atoms with Gasteiger partial charge in [-0.15, -0.1) is 0 Å². The molecule has 66 heavy (non-hydrogen) atoms. The molecule has 10 aromatic rings. The first-order valence-corrected chi connectivity index (χ1v) is 23.1. The maximum atomic E-state index is 2.60. The lowest BCUT2D eigenvalue weighted by molar-refractivity contribution is 0.660. The van der Waals surface area contributed by atoms with Crippen LogP contribution in [0.1, 0.15) is 47.2 Å². The molecule has 0 bridgehead atoms. The molecular formula is C64H46N2. The van der Waals surface area contributed by atoms with E-state index in [1.165, 1.54) is 95.0 Å². The SMILES string of the molecule is CC1(C)c2ccccc2-c2c(N(c3ccccc3-c3ccc(-c4ccccc4)cc3)c3cccc4c3-c3ccccc3C43c4ccccc4N(c4ccccc4)c4ccccc43)cccc21. The van der Waals surface area contributed by atoms with Gasteiger partial charge in [-0.3, -0.25) is 0 Å². The highest BCUT2D eigenvalue weighted by molar-refractivity contribution is 6.05. The predicted molar refractivity (Wildman–Crippen MR) is 275 cm³/mol. The van der Waals surface area contributed by atoms with Gasteiger partial charge in [-0.05, 0) is 104 Å². The molecule has 2 nitrogen and oxygen atoms in total. The van der Waals surface area contributed by atoms with E-state index in [0.29, 0.717) is 0 Å². The van der Waals surface area contributed by atoms with Crippen LogP contribution in [-0.4, -0.2) is 0 Å². The van der Waals surface area contributed by atoms with Crippen LogP contribution in [0.4, 0.5) is 34.1 Å². The maximum absolute atomic E-state index is 2.60. The Morgan fingerprint density at radius 1 is 0.303 bits per heavy atom. The van der Waals surface area contributed by atoms with Gasteiger partial charge in [-0.2, -0.15) is 0 Å². The Bertz CT molecular complexity index is 3460. The van der Waals surface area contributed by atoms with Gasteiger partial charge < -0.3 is 9.80 Å². The van der Waals surface area contributed by atoms with Gasteiger partial charge in [0.05, 0.1) is 33.9 Å². The van der Waals surface area contributed by atoms with E-state index in [1.807, 2.05) is 0 Å². The van der Waals surface area contributed by atoms with E-state index in [4.69, 9.17) is 0 Å². The van der Waals surface area contributed by atoms with E-state index in [2.05, 4.69) is 266 Å². The van der Waals surface area contributed by atoms with Crippen molar-refractivity contribution in [1.82, 2.24) is 0 Å². The minimum absolute atomic E-state index is 0.171. The lowest BCUT2D eigenvalue weighted by Gasteiger charge is -2.45. The molecule has 3 aliphatic rings. The van der Waals surface area contributed by atoms with Crippen LogP contribution in [0.5, 0.6) is 0 Å². The molecule has 0 fully saturated rings. The minimum Gasteiger partial charge on any atom is -0.310 e. The summed E-state index contributed by atoms with van der Waals surface area (Å²) in [6, 6.07) is 90.1. The fraction of sp³-hybridized carbons (Fsp3) is 0.0625. The van der Waals surface area contributed by atoms with Crippen LogP contribution >= 0.6 is 0 Å². The summed E-state index contributed by atoms with van der Waals surface area (Å²) in [4.78, 5) is 5.06. The van der Waals surface area contributed by atoms with Gasteiger partial charge in [0.25, 0.3) is 0 Å². The third kappa shape index (κ3) is 5.36. The number of benzene rings is 10.